The largest absolute Gasteiger partial charge is 0.245 e. The summed E-state index contributed by atoms with van der Waals surface area (Å²) in [6, 6.07) is 22.4. The molecule has 3 aromatic rings. The van der Waals surface area contributed by atoms with Crippen LogP contribution in [-0.2, 0) is 30.1 Å². The standard InChI is InChI=1S/C21H21N3O6S3/c25-31(26,19-10-4-1-5-11-19)22-16-23(32(27,28)20-12-6-2-7-13-20)18-24(17-22)33(29,30)21-14-8-3-9-15-21/h1-15H,16-18H2. The van der Waals surface area contributed by atoms with Crippen molar-refractivity contribution in [3.05, 3.63) is 91.0 Å². The molecular weight excluding hydrogens is 486 g/mol. The molecule has 12 heteroatoms. The van der Waals surface area contributed by atoms with Crippen LogP contribution in [0.2, 0.25) is 0 Å². The minimum Gasteiger partial charge on any atom is -0.207 e. The van der Waals surface area contributed by atoms with Gasteiger partial charge in [0, 0.05) is 0 Å². The van der Waals surface area contributed by atoms with E-state index in [2.05, 4.69) is 0 Å². The van der Waals surface area contributed by atoms with Crippen molar-refractivity contribution in [1.82, 2.24) is 12.9 Å². The predicted octanol–water partition coefficient (Wildman–Crippen LogP) is 1.95. The van der Waals surface area contributed by atoms with Crippen molar-refractivity contribution in [1.29, 1.82) is 0 Å². The number of benzene rings is 3. The second-order valence-corrected chi connectivity index (χ2v) is 13.0. The zero-order valence-electron chi connectivity index (χ0n) is 17.3. The fourth-order valence-corrected chi connectivity index (χ4v) is 7.71. The lowest BCUT2D eigenvalue weighted by atomic mass is 10.4. The molecule has 0 amide bonds. The highest BCUT2D eigenvalue weighted by Crippen LogP contribution is 2.27. The van der Waals surface area contributed by atoms with Crippen LogP contribution in [0, 0.1) is 0 Å². The first-order valence-electron chi connectivity index (χ1n) is 9.79. The lowest BCUT2D eigenvalue weighted by Crippen LogP contribution is -2.59. The number of sulfonamides is 3. The first-order chi connectivity index (χ1) is 15.6. The summed E-state index contributed by atoms with van der Waals surface area (Å²) in [5.41, 5.74) is 0. The van der Waals surface area contributed by atoms with E-state index < -0.39 is 50.1 Å². The molecule has 0 atom stereocenters. The molecule has 33 heavy (non-hydrogen) atoms. The second kappa shape index (κ2) is 8.97. The van der Waals surface area contributed by atoms with Crippen LogP contribution in [0.3, 0.4) is 0 Å². The first kappa shape index (κ1) is 23.5. The van der Waals surface area contributed by atoms with Gasteiger partial charge in [0.2, 0.25) is 30.1 Å². The third kappa shape index (κ3) is 4.58. The predicted molar refractivity (Wildman–Crippen MR) is 121 cm³/mol. The average Bonchev–Trinajstić information content (AvgIpc) is 2.85. The van der Waals surface area contributed by atoms with Gasteiger partial charge in [0.1, 0.15) is 0 Å². The molecule has 0 aliphatic carbocycles. The van der Waals surface area contributed by atoms with Gasteiger partial charge in [-0.25, -0.2) is 25.3 Å². The van der Waals surface area contributed by atoms with Gasteiger partial charge in [0.15, 0.2) is 0 Å². The average molecular weight is 508 g/mol. The van der Waals surface area contributed by atoms with Crippen LogP contribution in [0.15, 0.2) is 106 Å². The molecule has 1 aliphatic heterocycles. The van der Waals surface area contributed by atoms with Crippen LogP contribution in [-0.4, -0.2) is 58.2 Å². The topological polar surface area (TPSA) is 112 Å². The summed E-state index contributed by atoms with van der Waals surface area (Å²) in [4.78, 5) is -0.206. The van der Waals surface area contributed by atoms with Crippen LogP contribution < -0.4 is 0 Å². The minimum atomic E-state index is -4.19. The van der Waals surface area contributed by atoms with Gasteiger partial charge in [0.05, 0.1) is 34.7 Å². The molecule has 0 radical (unpaired) electrons. The normalized spacial score (nSPS) is 17.1. The van der Waals surface area contributed by atoms with E-state index in [0.29, 0.717) is 0 Å². The maximum atomic E-state index is 13.3. The van der Waals surface area contributed by atoms with Gasteiger partial charge < -0.3 is 0 Å². The molecule has 0 saturated carbocycles. The highest BCUT2D eigenvalue weighted by atomic mass is 32.2. The Bertz CT molecular complexity index is 1250. The molecule has 1 aliphatic rings. The number of rotatable bonds is 6. The lowest BCUT2D eigenvalue weighted by molar-refractivity contribution is 0.127. The van der Waals surface area contributed by atoms with Crippen molar-refractivity contribution in [3.8, 4) is 0 Å². The van der Waals surface area contributed by atoms with Gasteiger partial charge in [-0.05, 0) is 36.4 Å². The van der Waals surface area contributed by atoms with Gasteiger partial charge in [0.25, 0.3) is 0 Å². The Morgan fingerprint density at radius 1 is 0.394 bits per heavy atom. The van der Waals surface area contributed by atoms with E-state index in [1.54, 1.807) is 18.2 Å². The maximum absolute atomic E-state index is 13.3. The summed E-state index contributed by atoms with van der Waals surface area (Å²) >= 11 is 0. The molecule has 0 spiro atoms. The fraction of sp³-hybridized carbons (Fsp3) is 0.143. The monoisotopic (exact) mass is 507 g/mol. The van der Waals surface area contributed by atoms with Crippen molar-refractivity contribution in [2.75, 3.05) is 20.0 Å². The third-order valence-electron chi connectivity index (χ3n) is 5.09. The quantitative estimate of drug-likeness (QED) is 0.504. The summed E-state index contributed by atoms with van der Waals surface area (Å²) in [5, 5.41) is 0. The van der Waals surface area contributed by atoms with Crippen LogP contribution in [0.1, 0.15) is 0 Å². The molecule has 1 fully saturated rings. The van der Waals surface area contributed by atoms with E-state index in [9.17, 15) is 25.3 Å². The van der Waals surface area contributed by atoms with Crippen LogP contribution in [0.5, 0.6) is 0 Å². The molecular formula is C21H21N3O6S3. The summed E-state index contributed by atoms with van der Waals surface area (Å²) < 4.78 is 82.2. The molecule has 0 aromatic heterocycles. The maximum Gasteiger partial charge on any atom is 0.245 e. The van der Waals surface area contributed by atoms with Gasteiger partial charge in [-0.15, -0.1) is 0 Å². The Morgan fingerprint density at radius 2 is 0.606 bits per heavy atom. The third-order valence-corrected chi connectivity index (χ3v) is 10.4. The molecule has 9 nitrogen and oxygen atoms in total. The second-order valence-electron chi connectivity index (χ2n) is 7.23. The molecule has 0 bridgehead atoms. The summed E-state index contributed by atoms with van der Waals surface area (Å²) in [5.74, 6) is 0. The van der Waals surface area contributed by atoms with Crippen LogP contribution in [0.4, 0.5) is 0 Å². The summed E-state index contributed by atoms with van der Waals surface area (Å²) in [7, 11) is -12.6. The number of hydrogen-bond donors (Lipinski definition) is 0. The van der Waals surface area contributed by atoms with E-state index in [0.717, 1.165) is 12.9 Å². The van der Waals surface area contributed by atoms with E-state index in [1.807, 2.05) is 0 Å². The lowest BCUT2D eigenvalue weighted by Gasteiger charge is -2.39. The zero-order chi connectivity index (χ0) is 23.7. The number of hydrogen-bond acceptors (Lipinski definition) is 6. The van der Waals surface area contributed by atoms with E-state index in [4.69, 9.17) is 0 Å². The van der Waals surface area contributed by atoms with Crippen molar-refractivity contribution in [3.63, 3.8) is 0 Å². The number of nitrogens with zero attached hydrogens (tertiary/aromatic N) is 3. The molecule has 4 rings (SSSR count). The summed E-state index contributed by atoms with van der Waals surface area (Å²) in [6.45, 7) is -1.60. The van der Waals surface area contributed by atoms with Crippen LogP contribution >= 0.6 is 0 Å². The van der Waals surface area contributed by atoms with Crippen molar-refractivity contribution in [2.24, 2.45) is 0 Å². The minimum absolute atomic E-state index is 0.0685. The molecule has 0 N–H and O–H groups in total. The van der Waals surface area contributed by atoms with Gasteiger partial charge in [-0.1, -0.05) is 54.6 Å². The zero-order valence-corrected chi connectivity index (χ0v) is 19.7. The van der Waals surface area contributed by atoms with E-state index in [-0.39, 0.29) is 14.7 Å². The SMILES string of the molecule is O=S(=O)(c1ccccc1)N1CN(S(=O)(=O)c2ccccc2)CN(S(=O)(=O)c2ccccc2)C1. The van der Waals surface area contributed by atoms with Gasteiger partial charge in [-0.3, -0.25) is 0 Å². The smallest absolute Gasteiger partial charge is 0.207 e. The Kier molecular flexibility index (Phi) is 6.40. The Hall–Kier alpha value is -2.61. The highest BCUT2D eigenvalue weighted by Gasteiger charge is 2.42. The fourth-order valence-electron chi connectivity index (χ4n) is 3.34. The molecule has 0 unspecified atom stereocenters. The molecule has 1 saturated heterocycles. The van der Waals surface area contributed by atoms with Crippen molar-refractivity contribution < 1.29 is 25.3 Å². The molecule has 174 valence electrons. The highest BCUT2D eigenvalue weighted by molar-refractivity contribution is 7.90. The van der Waals surface area contributed by atoms with E-state index >= 15 is 0 Å². The van der Waals surface area contributed by atoms with Gasteiger partial charge >= 0.3 is 0 Å². The summed E-state index contributed by atoms with van der Waals surface area (Å²) in [6.07, 6.45) is 0. The van der Waals surface area contributed by atoms with Crippen LogP contribution in [0.25, 0.3) is 0 Å². The van der Waals surface area contributed by atoms with E-state index in [1.165, 1.54) is 72.8 Å². The first-order valence-corrected chi connectivity index (χ1v) is 14.1. The Labute approximate surface area is 193 Å². The molecule has 1 heterocycles. The Balaban J connectivity index is 1.79. The van der Waals surface area contributed by atoms with Gasteiger partial charge in [-0.2, -0.15) is 12.9 Å². The molecule has 3 aromatic carbocycles. The van der Waals surface area contributed by atoms with Crippen molar-refractivity contribution in [2.45, 2.75) is 14.7 Å². The Morgan fingerprint density at radius 3 is 0.818 bits per heavy atom. The van der Waals surface area contributed by atoms with Crippen molar-refractivity contribution >= 4 is 30.1 Å².